The zero-order valence-corrected chi connectivity index (χ0v) is 11.9. The van der Waals surface area contributed by atoms with Crippen molar-refractivity contribution in [3.63, 3.8) is 0 Å². The summed E-state index contributed by atoms with van der Waals surface area (Å²) in [6.45, 7) is 8.26. The van der Waals surface area contributed by atoms with Gasteiger partial charge in [-0.05, 0) is 18.4 Å². The molecule has 1 aromatic rings. The van der Waals surface area contributed by atoms with Crippen molar-refractivity contribution in [2.45, 2.75) is 27.3 Å². The summed E-state index contributed by atoms with van der Waals surface area (Å²) in [5, 5.41) is 3.39. The minimum absolute atomic E-state index is 0.562. The summed E-state index contributed by atoms with van der Waals surface area (Å²) in [6, 6.07) is 0. The topological polar surface area (TPSA) is 56.3 Å². The first-order valence-electron chi connectivity index (χ1n) is 6.22. The Bertz CT molecular complexity index is 347. The smallest absolute Gasteiger partial charge is 0.224 e. The van der Waals surface area contributed by atoms with Crippen LogP contribution in [0.2, 0.25) is 0 Å². The zero-order valence-electron chi connectivity index (χ0n) is 11.9. The van der Waals surface area contributed by atoms with Crippen LogP contribution in [-0.2, 0) is 6.54 Å². The number of hydrogen-bond acceptors (Lipinski definition) is 5. The Kier molecular flexibility index (Phi) is 5.85. The van der Waals surface area contributed by atoms with E-state index in [0.717, 1.165) is 12.1 Å². The molecule has 0 saturated heterocycles. The van der Waals surface area contributed by atoms with Gasteiger partial charge >= 0.3 is 0 Å². The van der Waals surface area contributed by atoms with Gasteiger partial charge in [0.1, 0.15) is 6.33 Å². The number of rotatable bonds is 7. The molecule has 18 heavy (non-hydrogen) atoms. The second-order valence-corrected chi connectivity index (χ2v) is 4.72. The van der Waals surface area contributed by atoms with Crippen LogP contribution < -0.4 is 14.8 Å². The average Bonchev–Trinajstić information content (AvgIpc) is 2.38. The van der Waals surface area contributed by atoms with Crippen molar-refractivity contribution in [2.24, 2.45) is 11.8 Å². The van der Waals surface area contributed by atoms with E-state index in [1.807, 2.05) is 0 Å². The summed E-state index contributed by atoms with van der Waals surface area (Å²) < 4.78 is 10.4. The largest absolute Gasteiger partial charge is 0.481 e. The number of nitrogens with zero attached hydrogens (tertiary/aromatic N) is 2. The molecule has 0 radical (unpaired) electrons. The van der Waals surface area contributed by atoms with Gasteiger partial charge in [-0.1, -0.05) is 20.8 Å². The van der Waals surface area contributed by atoms with Crippen LogP contribution in [0.25, 0.3) is 0 Å². The lowest BCUT2D eigenvalue weighted by Crippen LogP contribution is -2.24. The number of methoxy groups -OCH3 is 2. The molecule has 0 spiro atoms. The Labute approximate surface area is 109 Å². The quantitative estimate of drug-likeness (QED) is 0.804. The second kappa shape index (κ2) is 7.16. The molecule has 0 amide bonds. The van der Waals surface area contributed by atoms with Crippen molar-refractivity contribution in [1.82, 2.24) is 15.3 Å². The first-order chi connectivity index (χ1) is 8.60. The average molecular weight is 253 g/mol. The number of ether oxygens (including phenoxy) is 2. The summed E-state index contributed by atoms with van der Waals surface area (Å²) in [5.74, 6) is 2.40. The maximum atomic E-state index is 5.22. The zero-order chi connectivity index (χ0) is 13.5. The molecule has 1 heterocycles. The van der Waals surface area contributed by atoms with Gasteiger partial charge < -0.3 is 14.8 Å². The molecule has 1 unspecified atom stereocenters. The Morgan fingerprint density at radius 2 is 1.67 bits per heavy atom. The Balaban J connectivity index is 2.65. The van der Waals surface area contributed by atoms with E-state index in [1.165, 1.54) is 6.33 Å². The number of hydrogen-bond donors (Lipinski definition) is 1. The molecule has 0 aliphatic rings. The van der Waals surface area contributed by atoms with Crippen LogP contribution in [0.15, 0.2) is 6.33 Å². The third-order valence-electron chi connectivity index (χ3n) is 3.16. The van der Waals surface area contributed by atoms with Crippen molar-refractivity contribution >= 4 is 0 Å². The molecule has 0 aliphatic carbocycles. The molecule has 1 aromatic heterocycles. The van der Waals surface area contributed by atoms with E-state index in [0.29, 0.717) is 30.1 Å². The van der Waals surface area contributed by atoms with E-state index < -0.39 is 0 Å². The lowest BCUT2D eigenvalue weighted by molar-refractivity contribution is 0.352. The third-order valence-corrected chi connectivity index (χ3v) is 3.16. The van der Waals surface area contributed by atoms with Gasteiger partial charge in [0.25, 0.3) is 0 Å². The van der Waals surface area contributed by atoms with Gasteiger partial charge in [-0.2, -0.15) is 0 Å². The molecule has 0 aliphatic heterocycles. The molecule has 0 aromatic carbocycles. The molecule has 1 N–H and O–H groups in total. The van der Waals surface area contributed by atoms with Gasteiger partial charge in [-0.3, -0.25) is 0 Å². The standard InChI is InChI=1S/C13H23N3O2/c1-9(2)10(3)6-14-7-11-12(17-4)15-8-16-13(11)18-5/h8-10,14H,6-7H2,1-5H3. The molecule has 0 fully saturated rings. The van der Waals surface area contributed by atoms with Gasteiger partial charge in [-0.25, -0.2) is 9.97 Å². The van der Waals surface area contributed by atoms with Crippen LogP contribution in [0, 0.1) is 11.8 Å². The number of aromatic nitrogens is 2. The van der Waals surface area contributed by atoms with Crippen molar-refractivity contribution < 1.29 is 9.47 Å². The lowest BCUT2D eigenvalue weighted by atomic mass is 9.98. The van der Waals surface area contributed by atoms with Crippen molar-refractivity contribution in [3.05, 3.63) is 11.9 Å². The van der Waals surface area contributed by atoms with Gasteiger partial charge in [0.2, 0.25) is 11.8 Å². The van der Waals surface area contributed by atoms with E-state index in [1.54, 1.807) is 14.2 Å². The minimum atomic E-state index is 0.562. The first-order valence-corrected chi connectivity index (χ1v) is 6.22. The van der Waals surface area contributed by atoms with Crippen LogP contribution >= 0.6 is 0 Å². The molecular weight excluding hydrogens is 230 g/mol. The van der Waals surface area contributed by atoms with E-state index in [9.17, 15) is 0 Å². The number of nitrogens with one attached hydrogen (secondary N) is 1. The van der Waals surface area contributed by atoms with Crippen LogP contribution in [0.1, 0.15) is 26.3 Å². The van der Waals surface area contributed by atoms with E-state index in [4.69, 9.17) is 9.47 Å². The predicted molar refractivity (Wildman–Crippen MR) is 70.8 cm³/mol. The SMILES string of the molecule is COc1ncnc(OC)c1CNCC(C)C(C)C. The predicted octanol–water partition coefficient (Wildman–Crippen LogP) is 1.88. The van der Waals surface area contributed by atoms with Gasteiger partial charge in [0.15, 0.2) is 0 Å². The van der Waals surface area contributed by atoms with Crippen LogP contribution in [0.4, 0.5) is 0 Å². The molecule has 0 saturated carbocycles. The monoisotopic (exact) mass is 253 g/mol. The van der Waals surface area contributed by atoms with Crippen molar-refractivity contribution in [2.75, 3.05) is 20.8 Å². The summed E-state index contributed by atoms with van der Waals surface area (Å²) in [5.41, 5.74) is 0.860. The fourth-order valence-electron chi connectivity index (χ4n) is 1.54. The summed E-state index contributed by atoms with van der Waals surface area (Å²) in [7, 11) is 3.20. The highest BCUT2D eigenvalue weighted by Crippen LogP contribution is 2.23. The van der Waals surface area contributed by atoms with Gasteiger partial charge in [0, 0.05) is 6.54 Å². The molecule has 0 bridgehead atoms. The van der Waals surface area contributed by atoms with Crippen LogP contribution in [-0.4, -0.2) is 30.7 Å². The van der Waals surface area contributed by atoms with E-state index in [2.05, 4.69) is 36.1 Å². The molecule has 5 nitrogen and oxygen atoms in total. The Morgan fingerprint density at radius 1 is 1.11 bits per heavy atom. The second-order valence-electron chi connectivity index (χ2n) is 4.72. The molecule has 102 valence electrons. The Hall–Kier alpha value is -1.36. The molecule has 5 heteroatoms. The van der Waals surface area contributed by atoms with Crippen molar-refractivity contribution in [1.29, 1.82) is 0 Å². The van der Waals surface area contributed by atoms with Gasteiger partial charge in [0.05, 0.1) is 19.8 Å². The minimum Gasteiger partial charge on any atom is -0.481 e. The van der Waals surface area contributed by atoms with Crippen LogP contribution in [0.3, 0.4) is 0 Å². The summed E-state index contributed by atoms with van der Waals surface area (Å²) >= 11 is 0. The first kappa shape index (κ1) is 14.7. The Morgan fingerprint density at radius 3 is 2.11 bits per heavy atom. The highest BCUT2D eigenvalue weighted by molar-refractivity contribution is 5.34. The van der Waals surface area contributed by atoms with Gasteiger partial charge in [-0.15, -0.1) is 0 Å². The molecule has 1 rings (SSSR count). The maximum Gasteiger partial charge on any atom is 0.224 e. The summed E-state index contributed by atoms with van der Waals surface area (Å²) in [6.07, 6.45) is 1.44. The fraction of sp³-hybridized carbons (Fsp3) is 0.692. The highest BCUT2D eigenvalue weighted by atomic mass is 16.5. The lowest BCUT2D eigenvalue weighted by Gasteiger charge is -2.17. The third kappa shape index (κ3) is 3.84. The van der Waals surface area contributed by atoms with Crippen molar-refractivity contribution in [3.8, 4) is 11.8 Å². The molecular formula is C13H23N3O2. The fourth-order valence-corrected chi connectivity index (χ4v) is 1.54. The maximum absolute atomic E-state index is 5.22. The van der Waals surface area contributed by atoms with Crippen LogP contribution in [0.5, 0.6) is 11.8 Å². The summed E-state index contributed by atoms with van der Waals surface area (Å²) in [4.78, 5) is 8.17. The normalized spacial score (nSPS) is 12.6. The van der Waals surface area contributed by atoms with E-state index in [-0.39, 0.29) is 0 Å². The molecule has 1 atom stereocenters. The highest BCUT2D eigenvalue weighted by Gasteiger charge is 2.13. The van der Waals surface area contributed by atoms with E-state index >= 15 is 0 Å².